The molecular formula is C22H27NO2. The fourth-order valence-electron chi connectivity index (χ4n) is 5.08. The van der Waals surface area contributed by atoms with Crippen LogP contribution < -0.4 is 0 Å². The fourth-order valence-corrected chi connectivity index (χ4v) is 5.08. The lowest BCUT2D eigenvalue weighted by Crippen LogP contribution is -2.42. The van der Waals surface area contributed by atoms with E-state index in [1.165, 1.54) is 42.0 Å². The van der Waals surface area contributed by atoms with Crippen LogP contribution >= 0.6 is 0 Å². The zero-order chi connectivity index (χ0) is 17.2. The molecule has 0 bridgehead atoms. The van der Waals surface area contributed by atoms with Crippen LogP contribution in [-0.2, 0) is 11.2 Å². The summed E-state index contributed by atoms with van der Waals surface area (Å²) in [5.74, 6) is -0.0213. The zero-order valence-electron chi connectivity index (χ0n) is 14.7. The van der Waals surface area contributed by atoms with Gasteiger partial charge in [0, 0.05) is 6.04 Å². The Hall–Kier alpha value is -1.87. The molecule has 4 rings (SSSR count). The van der Waals surface area contributed by atoms with E-state index in [1.54, 1.807) is 0 Å². The van der Waals surface area contributed by atoms with Crippen LogP contribution in [0.1, 0.15) is 44.1 Å². The maximum Gasteiger partial charge on any atom is 0.320 e. The lowest BCUT2D eigenvalue weighted by atomic mass is 9.84. The first-order valence-corrected chi connectivity index (χ1v) is 9.69. The Kier molecular flexibility index (Phi) is 4.76. The minimum atomic E-state index is -0.625. The highest BCUT2D eigenvalue weighted by Crippen LogP contribution is 2.39. The van der Waals surface area contributed by atoms with Crippen molar-refractivity contribution in [1.29, 1.82) is 0 Å². The number of nitrogens with zero attached hydrogens (tertiary/aromatic N) is 1. The van der Waals surface area contributed by atoms with Crippen molar-refractivity contribution in [2.75, 3.05) is 6.54 Å². The maximum atomic E-state index is 11.7. The maximum absolute atomic E-state index is 11.7. The van der Waals surface area contributed by atoms with Gasteiger partial charge >= 0.3 is 5.97 Å². The Morgan fingerprint density at radius 2 is 1.88 bits per heavy atom. The number of carboxylic acid groups (broad SMARTS) is 1. The van der Waals surface area contributed by atoms with Crippen LogP contribution in [0.5, 0.6) is 0 Å². The van der Waals surface area contributed by atoms with Gasteiger partial charge in [-0.25, -0.2) is 0 Å². The van der Waals surface area contributed by atoms with Gasteiger partial charge in [-0.15, -0.1) is 0 Å². The van der Waals surface area contributed by atoms with Gasteiger partial charge in [0.15, 0.2) is 0 Å². The lowest BCUT2D eigenvalue weighted by Gasteiger charge is -2.33. The second kappa shape index (κ2) is 7.17. The van der Waals surface area contributed by atoms with E-state index in [-0.39, 0.29) is 6.04 Å². The summed E-state index contributed by atoms with van der Waals surface area (Å²) in [7, 11) is 0. The molecule has 3 nitrogen and oxygen atoms in total. The third kappa shape index (κ3) is 3.30. The second-order valence-electron chi connectivity index (χ2n) is 7.68. The van der Waals surface area contributed by atoms with E-state index in [2.05, 4.69) is 47.4 Å². The third-order valence-electron chi connectivity index (χ3n) is 6.25. The molecule has 0 radical (unpaired) electrons. The standard InChI is InChI=1S/C22H27NO2/c24-22(25)21-15-18-8-2-4-13-20(18)23(21)14-6-11-17-10-5-9-16-7-1-3-12-19(16)17/h1,3,5,7,9-10,12,18,20-21H,2,4,6,8,11,13-15H2,(H,24,25). The summed E-state index contributed by atoms with van der Waals surface area (Å²) in [6.07, 6.45) is 7.83. The van der Waals surface area contributed by atoms with Crippen LogP contribution in [0.3, 0.4) is 0 Å². The lowest BCUT2D eigenvalue weighted by molar-refractivity contribution is -0.142. The highest BCUT2D eigenvalue weighted by Gasteiger charge is 2.44. The van der Waals surface area contributed by atoms with Crippen LogP contribution in [0.15, 0.2) is 42.5 Å². The number of aryl methyl sites for hydroxylation is 1. The Bertz CT molecular complexity index is 751. The van der Waals surface area contributed by atoms with Gasteiger partial charge in [0.25, 0.3) is 0 Å². The van der Waals surface area contributed by atoms with Gasteiger partial charge in [-0.05, 0) is 60.9 Å². The predicted molar refractivity (Wildman–Crippen MR) is 101 cm³/mol. The van der Waals surface area contributed by atoms with Crippen molar-refractivity contribution in [2.24, 2.45) is 5.92 Å². The highest BCUT2D eigenvalue weighted by molar-refractivity contribution is 5.85. The molecule has 132 valence electrons. The molecule has 2 aromatic rings. The largest absolute Gasteiger partial charge is 0.480 e. The second-order valence-corrected chi connectivity index (χ2v) is 7.68. The van der Waals surface area contributed by atoms with E-state index in [9.17, 15) is 9.90 Å². The Morgan fingerprint density at radius 1 is 1.08 bits per heavy atom. The molecule has 0 spiro atoms. The molecule has 1 heterocycles. The summed E-state index contributed by atoms with van der Waals surface area (Å²) >= 11 is 0. The third-order valence-corrected chi connectivity index (χ3v) is 6.25. The van der Waals surface area contributed by atoms with Crippen molar-refractivity contribution in [2.45, 2.75) is 57.0 Å². The summed E-state index contributed by atoms with van der Waals surface area (Å²) in [5, 5.41) is 12.3. The van der Waals surface area contributed by atoms with E-state index in [0.29, 0.717) is 12.0 Å². The summed E-state index contributed by atoms with van der Waals surface area (Å²) in [5.41, 5.74) is 1.38. The molecule has 1 aliphatic heterocycles. The first-order chi connectivity index (χ1) is 12.2. The average Bonchev–Trinajstić information content (AvgIpc) is 3.01. The summed E-state index contributed by atoms with van der Waals surface area (Å²) in [6.45, 7) is 0.904. The van der Waals surface area contributed by atoms with E-state index in [4.69, 9.17) is 0 Å². The van der Waals surface area contributed by atoms with Crippen LogP contribution in [0.25, 0.3) is 10.8 Å². The Morgan fingerprint density at radius 3 is 2.76 bits per heavy atom. The number of carboxylic acids is 1. The van der Waals surface area contributed by atoms with Gasteiger partial charge in [-0.2, -0.15) is 0 Å². The molecule has 1 N–H and O–H groups in total. The molecule has 2 aliphatic rings. The molecular weight excluding hydrogens is 310 g/mol. The van der Waals surface area contributed by atoms with Crippen LogP contribution in [0, 0.1) is 5.92 Å². The van der Waals surface area contributed by atoms with E-state index >= 15 is 0 Å². The van der Waals surface area contributed by atoms with Crippen LogP contribution in [0.4, 0.5) is 0 Å². The molecule has 1 saturated carbocycles. The van der Waals surface area contributed by atoms with Crippen molar-refractivity contribution in [3.63, 3.8) is 0 Å². The van der Waals surface area contributed by atoms with Crippen molar-refractivity contribution in [3.05, 3.63) is 48.0 Å². The van der Waals surface area contributed by atoms with Gasteiger partial charge in [0.05, 0.1) is 0 Å². The van der Waals surface area contributed by atoms with Crippen molar-refractivity contribution in [1.82, 2.24) is 4.90 Å². The van der Waals surface area contributed by atoms with Crippen LogP contribution in [0.2, 0.25) is 0 Å². The molecule has 2 fully saturated rings. The minimum absolute atomic E-state index is 0.263. The molecule has 0 aromatic heterocycles. The number of rotatable bonds is 5. The fraction of sp³-hybridized carbons (Fsp3) is 0.500. The number of likely N-dealkylation sites (tertiary alicyclic amines) is 1. The van der Waals surface area contributed by atoms with E-state index in [0.717, 1.165) is 25.8 Å². The van der Waals surface area contributed by atoms with Crippen LogP contribution in [-0.4, -0.2) is 34.6 Å². The number of hydrogen-bond acceptors (Lipinski definition) is 2. The SMILES string of the molecule is O=C(O)C1CC2CCCCC2N1CCCc1cccc2ccccc12. The molecule has 25 heavy (non-hydrogen) atoms. The smallest absolute Gasteiger partial charge is 0.320 e. The number of hydrogen-bond donors (Lipinski definition) is 1. The Balaban J connectivity index is 1.45. The minimum Gasteiger partial charge on any atom is -0.480 e. The van der Waals surface area contributed by atoms with Gasteiger partial charge in [-0.1, -0.05) is 55.3 Å². The molecule has 0 amide bonds. The molecule has 2 aromatic carbocycles. The number of aliphatic carboxylic acids is 1. The summed E-state index contributed by atoms with van der Waals surface area (Å²) < 4.78 is 0. The normalized spacial score (nSPS) is 26.6. The number of fused-ring (bicyclic) bond motifs is 2. The number of carbonyl (C=O) groups is 1. The molecule has 1 saturated heterocycles. The molecule has 3 heteroatoms. The monoisotopic (exact) mass is 337 g/mol. The van der Waals surface area contributed by atoms with Crippen molar-refractivity contribution < 1.29 is 9.90 Å². The summed E-state index contributed by atoms with van der Waals surface area (Å²) in [6, 6.07) is 15.3. The molecule has 3 unspecified atom stereocenters. The topological polar surface area (TPSA) is 40.5 Å². The van der Waals surface area contributed by atoms with E-state index in [1.807, 2.05) is 0 Å². The summed E-state index contributed by atoms with van der Waals surface area (Å²) in [4.78, 5) is 14.0. The zero-order valence-corrected chi connectivity index (χ0v) is 14.7. The van der Waals surface area contributed by atoms with Gasteiger partial charge in [0.2, 0.25) is 0 Å². The molecule has 1 aliphatic carbocycles. The Labute approximate surface area is 149 Å². The number of benzene rings is 2. The first-order valence-electron chi connectivity index (χ1n) is 9.69. The quantitative estimate of drug-likeness (QED) is 0.874. The average molecular weight is 337 g/mol. The molecule has 3 atom stereocenters. The highest BCUT2D eigenvalue weighted by atomic mass is 16.4. The van der Waals surface area contributed by atoms with E-state index < -0.39 is 5.97 Å². The van der Waals surface area contributed by atoms with Crippen molar-refractivity contribution >= 4 is 16.7 Å². The van der Waals surface area contributed by atoms with Gasteiger partial charge < -0.3 is 5.11 Å². The first kappa shape index (κ1) is 16.6. The predicted octanol–water partition coefficient (Wildman–Crippen LogP) is 4.49. The van der Waals surface area contributed by atoms with Gasteiger partial charge in [-0.3, -0.25) is 9.69 Å². The van der Waals surface area contributed by atoms with Crippen molar-refractivity contribution in [3.8, 4) is 0 Å². The van der Waals surface area contributed by atoms with Gasteiger partial charge in [0.1, 0.15) is 6.04 Å².